The first-order valence-corrected chi connectivity index (χ1v) is 11.3. The van der Waals surface area contributed by atoms with E-state index in [4.69, 9.17) is 4.74 Å². The summed E-state index contributed by atoms with van der Waals surface area (Å²) in [5, 5.41) is 3.25. The van der Waals surface area contributed by atoms with E-state index >= 15 is 0 Å². The number of hydrogen-bond acceptors (Lipinski definition) is 4. The van der Waals surface area contributed by atoms with Crippen LogP contribution in [-0.4, -0.2) is 18.9 Å². The summed E-state index contributed by atoms with van der Waals surface area (Å²) in [6.45, 7) is 10.5. The van der Waals surface area contributed by atoms with Crippen LogP contribution in [0.5, 0.6) is 5.75 Å². The van der Waals surface area contributed by atoms with E-state index in [2.05, 4.69) is 26.1 Å². The Labute approximate surface area is 201 Å². The van der Waals surface area contributed by atoms with Gasteiger partial charge in [0.1, 0.15) is 11.4 Å². The van der Waals surface area contributed by atoms with Crippen molar-refractivity contribution in [3.05, 3.63) is 94.7 Å². The van der Waals surface area contributed by atoms with E-state index in [1.54, 1.807) is 31.4 Å². The van der Waals surface area contributed by atoms with Crippen LogP contribution in [0, 0.1) is 13.8 Å². The fourth-order valence-electron chi connectivity index (χ4n) is 3.97. The Morgan fingerprint density at radius 2 is 1.44 bits per heavy atom. The number of methoxy groups -OCH3 is 1. The number of imide groups is 1. The monoisotopic (exact) mass is 454 g/mol. The van der Waals surface area contributed by atoms with Gasteiger partial charge in [0.25, 0.3) is 11.8 Å². The Bertz CT molecular complexity index is 1280. The molecule has 0 aliphatic carbocycles. The minimum Gasteiger partial charge on any atom is -0.497 e. The van der Waals surface area contributed by atoms with Crippen molar-refractivity contribution in [1.29, 1.82) is 0 Å². The van der Waals surface area contributed by atoms with Crippen LogP contribution in [0.4, 0.5) is 11.4 Å². The number of rotatable bonds is 5. The van der Waals surface area contributed by atoms with Gasteiger partial charge in [-0.3, -0.25) is 9.59 Å². The van der Waals surface area contributed by atoms with Crippen molar-refractivity contribution in [2.45, 2.75) is 40.0 Å². The third kappa shape index (κ3) is 4.34. The molecule has 3 aromatic carbocycles. The first kappa shape index (κ1) is 23.3. The van der Waals surface area contributed by atoms with Crippen LogP contribution in [0.1, 0.15) is 43.0 Å². The number of carbonyl (C=O) groups excluding carboxylic acids is 2. The molecule has 1 aliphatic rings. The molecule has 0 atom stereocenters. The maximum absolute atomic E-state index is 13.6. The molecule has 0 spiro atoms. The van der Waals surface area contributed by atoms with Gasteiger partial charge in [-0.15, -0.1) is 0 Å². The molecule has 0 bridgehead atoms. The Morgan fingerprint density at radius 1 is 0.794 bits per heavy atom. The lowest BCUT2D eigenvalue weighted by atomic mass is 9.87. The van der Waals surface area contributed by atoms with Crippen LogP contribution in [0.15, 0.2) is 72.4 Å². The molecule has 34 heavy (non-hydrogen) atoms. The first-order chi connectivity index (χ1) is 16.1. The molecule has 5 nitrogen and oxygen atoms in total. The number of aryl methyl sites for hydroxylation is 2. The quantitative estimate of drug-likeness (QED) is 0.480. The summed E-state index contributed by atoms with van der Waals surface area (Å²) in [7, 11) is 1.58. The number of amides is 2. The van der Waals surface area contributed by atoms with Gasteiger partial charge >= 0.3 is 0 Å². The Hall–Kier alpha value is -3.86. The highest BCUT2D eigenvalue weighted by molar-refractivity contribution is 6.46. The minimum absolute atomic E-state index is 0.0205. The highest BCUT2D eigenvalue weighted by Gasteiger charge is 2.40. The molecule has 1 heterocycles. The van der Waals surface area contributed by atoms with Crippen molar-refractivity contribution in [3.63, 3.8) is 0 Å². The third-order valence-electron chi connectivity index (χ3n) is 6.23. The van der Waals surface area contributed by atoms with Crippen LogP contribution < -0.4 is 15.0 Å². The fraction of sp³-hybridized carbons (Fsp3) is 0.241. The van der Waals surface area contributed by atoms with Crippen LogP contribution >= 0.6 is 0 Å². The summed E-state index contributed by atoms with van der Waals surface area (Å²) in [6, 6.07) is 20.7. The zero-order valence-corrected chi connectivity index (χ0v) is 20.5. The van der Waals surface area contributed by atoms with Gasteiger partial charge in [0.2, 0.25) is 0 Å². The number of benzene rings is 3. The van der Waals surface area contributed by atoms with Gasteiger partial charge in [-0.1, -0.05) is 51.1 Å². The van der Waals surface area contributed by atoms with Crippen molar-refractivity contribution in [3.8, 4) is 5.75 Å². The SMILES string of the molecule is COc1ccc(N2C(=O)C(Nc3ccc(C(C)(C)C)cc3)=C(c3ccc(C)c(C)c3)C2=O)cc1. The lowest BCUT2D eigenvalue weighted by Gasteiger charge is -2.19. The van der Waals surface area contributed by atoms with Gasteiger partial charge in [0.15, 0.2) is 0 Å². The summed E-state index contributed by atoms with van der Waals surface area (Å²) >= 11 is 0. The Morgan fingerprint density at radius 3 is 2.00 bits per heavy atom. The highest BCUT2D eigenvalue weighted by atomic mass is 16.5. The number of carbonyl (C=O) groups is 2. The maximum atomic E-state index is 13.6. The lowest BCUT2D eigenvalue weighted by Crippen LogP contribution is -2.32. The smallest absolute Gasteiger partial charge is 0.282 e. The lowest BCUT2D eigenvalue weighted by molar-refractivity contribution is -0.120. The predicted molar refractivity (Wildman–Crippen MR) is 137 cm³/mol. The molecule has 0 unspecified atom stereocenters. The van der Waals surface area contributed by atoms with Crippen molar-refractivity contribution >= 4 is 28.8 Å². The second-order valence-electron chi connectivity index (χ2n) is 9.65. The predicted octanol–water partition coefficient (Wildman–Crippen LogP) is 6.01. The number of nitrogens with one attached hydrogen (secondary N) is 1. The van der Waals surface area contributed by atoms with Gasteiger partial charge in [-0.05, 0) is 77.9 Å². The van der Waals surface area contributed by atoms with Gasteiger partial charge in [-0.2, -0.15) is 0 Å². The molecule has 1 N–H and O–H groups in total. The largest absolute Gasteiger partial charge is 0.497 e. The van der Waals surface area contributed by atoms with Crippen molar-refractivity contribution < 1.29 is 14.3 Å². The molecule has 0 fully saturated rings. The number of ether oxygens (including phenoxy) is 1. The van der Waals surface area contributed by atoms with E-state index in [-0.39, 0.29) is 22.9 Å². The van der Waals surface area contributed by atoms with Gasteiger partial charge in [0.05, 0.1) is 18.4 Å². The Balaban J connectivity index is 1.78. The van der Waals surface area contributed by atoms with Gasteiger partial charge in [-0.25, -0.2) is 4.90 Å². The minimum atomic E-state index is -0.386. The van der Waals surface area contributed by atoms with Gasteiger partial charge in [0, 0.05) is 5.69 Å². The maximum Gasteiger partial charge on any atom is 0.282 e. The average molecular weight is 455 g/mol. The molecule has 2 amide bonds. The molecule has 0 saturated carbocycles. The standard InChI is InChI=1S/C29H30N2O3/c1-18-7-8-20(17-19(18)2)25-26(30-22-11-9-21(10-12-22)29(3,4)5)28(33)31(27(25)32)23-13-15-24(34-6)16-14-23/h7-17,30H,1-6H3. The van der Waals surface area contributed by atoms with Crippen LogP contribution in [0.25, 0.3) is 5.57 Å². The molecule has 0 saturated heterocycles. The normalized spacial score (nSPS) is 14.1. The molecule has 1 aliphatic heterocycles. The third-order valence-corrected chi connectivity index (χ3v) is 6.23. The van der Waals surface area contributed by atoms with E-state index in [1.807, 2.05) is 56.3 Å². The second-order valence-corrected chi connectivity index (χ2v) is 9.65. The van der Waals surface area contributed by atoms with Crippen molar-refractivity contribution in [1.82, 2.24) is 0 Å². The number of anilines is 2. The summed E-state index contributed by atoms with van der Waals surface area (Å²) in [4.78, 5) is 28.4. The van der Waals surface area contributed by atoms with Crippen LogP contribution in [0.2, 0.25) is 0 Å². The number of hydrogen-bond donors (Lipinski definition) is 1. The molecule has 174 valence electrons. The summed E-state index contributed by atoms with van der Waals surface area (Å²) in [5.74, 6) is -0.0852. The first-order valence-electron chi connectivity index (χ1n) is 11.3. The van der Waals surface area contributed by atoms with E-state index in [0.717, 1.165) is 16.8 Å². The van der Waals surface area contributed by atoms with E-state index in [9.17, 15) is 9.59 Å². The topological polar surface area (TPSA) is 58.6 Å². The van der Waals surface area contributed by atoms with Crippen molar-refractivity contribution in [2.24, 2.45) is 0 Å². The zero-order valence-electron chi connectivity index (χ0n) is 20.5. The summed E-state index contributed by atoms with van der Waals surface area (Å²) < 4.78 is 5.22. The molecular formula is C29H30N2O3. The molecule has 4 rings (SSSR count). The molecule has 3 aromatic rings. The average Bonchev–Trinajstić information content (AvgIpc) is 3.05. The second kappa shape index (κ2) is 8.82. The summed E-state index contributed by atoms with van der Waals surface area (Å²) in [6.07, 6.45) is 0. The van der Waals surface area contributed by atoms with E-state index in [1.165, 1.54) is 10.5 Å². The number of nitrogens with zero attached hydrogens (tertiary/aromatic N) is 1. The molecule has 0 radical (unpaired) electrons. The molecule has 0 aromatic heterocycles. The van der Waals surface area contributed by atoms with Crippen LogP contribution in [0.3, 0.4) is 0 Å². The highest BCUT2D eigenvalue weighted by Crippen LogP contribution is 2.35. The summed E-state index contributed by atoms with van der Waals surface area (Å²) in [5.41, 5.74) is 5.99. The van der Waals surface area contributed by atoms with E-state index in [0.29, 0.717) is 22.6 Å². The molecular weight excluding hydrogens is 424 g/mol. The molecule has 5 heteroatoms. The van der Waals surface area contributed by atoms with Gasteiger partial charge < -0.3 is 10.1 Å². The Kier molecular flexibility index (Phi) is 6.05. The van der Waals surface area contributed by atoms with Crippen molar-refractivity contribution in [2.75, 3.05) is 17.3 Å². The van der Waals surface area contributed by atoms with E-state index < -0.39 is 0 Å². The van der Waals surface area contributed by atoms with Crippen LogP contribution in [-0.2, 0) is 15.0 Å². The zero-order chi connectivity index (χ0) is 24.6. The fourth-order valence-corrected chi connectivity index (χ4v) is 3.97.